The van der Waals surface area contributed by atoms with E-state index in [4.69, 9.17) is 15.6 Å². The van der Waals surface area contributed by atoms with Crippen LogP contribution in [0, 0.1) is 0 Å². The second-order valence-electron chi connectivity index (χ2n) is 3.22. The Balaban J connectivity index is 2.54. The van der Waals surface area contributed by atoms with Gasteiger partial charge >= 0.3 is 0 Å². The zero-order valence-electron chi connectivity index (χ0n) is 8.44. The largest absolute Gasteiger partial charge is 0.494 e. The predicted molar refractivity (Wildman–Crippen MR) is 56.4 cm³/mol. The molecular formula is C11H17NO2. The lowest BCUT2D eigenvalue weighted by Gasteiger charge is -2.08. The normalized spacial score (nSPS) is 12.5. The molecule has 0 aliphatic heterocycles. The minimum absolute atomic E-state index is 0.0210. The summed E-state index contributed by atoms with van der Waals surface area (Å²) in [5.74, 6) is 0.869. The van der Waals surface area contributed by atoms with Gasteiger partial charge in [0.2, 0.25) is 0 Å². The van der Waals surface area contributed by atoms with E-state index in [9.17, 15) is 0 Å². The van der Waals surface area contributed by atoms with E-state index in [2.05, 4.69) is 0 Å². The van der Waals surface area contributed by atoms with Crippen molar-refractivity contribution in [1.82, 2.24) is 0 Å². The van der Waals surface area contributed by atoms with Gasteiger partial charge in [-0.15, -0.1) is 0 Å². The molecule has 0 aromatic heterocycles. The van der Waals surface area contributed by atoms with Gasteiger partial charge in [-0.3, -0.25) is 0 Å². The molecule has 1 aromatic rings. The molecular weight excluding hydrogens is 178 g/mol. The summed E-state index contributed by atoms with van der Waals surface area (Å²) in [6, 6.07) is 7.61. The Bertz CT molecular complexity index is 258. The SMILES string of the molecule is CCOc1ccc(CC(N)CO)cc1. The lowest BCUT2D eigenvalue weighted by atomic mass is 10.1. The summed E-state index contributed by atoms with van der Waals surface area (Å²) in [4.78, 5) is 0. The second kappa shape index (κ2) is 5.62. The van der Waals surface area contributed by atoms with Crippen LogP contribution in [0.3, 0.4) is 0 Å². The number of hydrogen-bond acceptors (Lipinski definition) is 3. The molecule has 0 bridgehead atoms. The smallest absolute Gasteiger partial charge is 0.119 e. The van der Waals surface area contributed by atoms with Crippen molar-refractivity contribution < 1.29 is 9.84 Å². The Morgan fingerprint density at radius 2 is 2.00 bits per heavy atom. The van der Waals surface area contributed by atoms with Crippen LogP contribution in [0.25, 0.3) is 0 Å². The molecule has 1 aromatic carbocycles. The van der Waals surface area contributed by atoms with Gasteiger partial charge in [0.1, 0.15) is 5.75 Å². The zero-order valence-corrected chi connectivity index (χ0v) is 8.44. The van der Waals surface area contributed by atoms with Gasteiger partial charge in [0, 0.05) is 6.04 Å². The molecule has 0 aliphatic carbocycles. The van der Waals surface area contributed by atoms with Crippen molar-refractivity contribution in [2.45, 2.75) is 19.4 Å². The zero-order chi connectivity index (χ0) is 10.4. The molecule has 3 heteroatoms. The quantitative estimate of drug-likeness (QED) is 0.735. The van der Waals surface area contributed by atoms with Crippen LogP contribution < -0.4 is 10.5 Å². The summed E-state index contributed by atoms with van der Waals surface area (Å²) < 4.78 is 5.31. The molecule has 0 spiro atoms. The highest BCUT2D eigenvalue weighted by Gasteiger charge is 2.02. The van der Waals surface area contributed by atoms with E-state index in [-0.39, 0.29) is 12.6 Å². The van der Waals surface area contributed by atoms with E-state index >= 15 is 0 Å². The Morgan fingerprint density at radius 1 is 1.36 bits per heavy atom. The van der Waals surface area contributed by atoms with Gasteiger partial charge in [-0.2, -0.15) is 0 Å². The van der Waals surface area contributed by atoms with Gasteiger partial charge in [-0.25, -0.2) is 0 Å². The maximum absolute atomic E-state index is 8.79. The van der Waals surface area contributed by atoms with E-state index in [1.807, 2.05) is 31.2 Å². The van der Waals surface area contributed by atoms with Crippen LogP contribution in [0.4, 0.5) is 0 Å². The summed E-state index contributed by atoms with van der Waals surface area (Å²) >= 11 is 0. The van der Waals surface area contributed by atoms with Crippen molar-refractivity contribution >= 4 is 0 Å². The van der Waals surface area contributed by atoms with Crippen molar-refractivity contribution in [1.29, 1.82) is 0 Å². The molecule has 0 aliphatic rings. The third-order valence-electron chi connectivity index (χ3n) is 1.97. The highest BCUT2D eigenvalue weighted by molar-refractivity contribution is 5.27. The first-order valence-corrected chi connectivity index (χ1v) is 4.84. The third-order valence-corrected chi connectivity index (χ3v) is 1.97. The summed E-state index contributed by atoms with van der Waals surface area (Å²) in [7, 11) is 0. The monoisotopic (exact) mass is 195 g/mol. The van der Waals surface area contributed by atoms with Crippen LogP contribution in [0.2, 0.25) is 0 Å². The third kappa shape index (κ3) is 3.36. The fourth-order valence-electron chi connectivity index (χ4n) is 1.26. The van der Waals surface area contributed by atoms with Crippen LogP contribution in [0.5, 0.6) is 5.75 Å². The minimum atomic E-state index is -0.173. The van der Waals surface area contributed by atoms with Gasteiger partial charge in [-0.1, -0.05) is 12.1 Å². The first-order valence-electron chi connectivity index (χ1n) is 4.84. The fraction of sp³-hybridized carbons (Fsp3) is 0.455. The number of aliphatic hydroxyl groups excluding tert-OH is 1. The van der Waals surface area contributed by atoms with Gasteiger partial charge < -0.3 is 15.6 Å². The topological polar surface area (TPSA) is 55.5 Å². The molecule has 14 heavy (non-hydrogen) atoms. The first-order chi connectivity index (χ1) is 6.76. The molecule has 1 unspecified atom stereocenters. The fourth-order valence-corrected chi connectivity index (χ4v) is 1.26. The number of benzene rings is 1. The van der Waals surface area contributed by atoms with Gasteiger partial charge in [0.25, 0.3) is 0 Å². The average Bonchev–Trinajstić information content (AvgIpc) is 2.21. The van der Waals surface area contributed by atoms with Gasteiger partial charge in [0.05, 0.1) is 13.2 Å². The van der Waals surface area contributed by atoms with Crippen molar-refractivity contribution in [3.8, 4) is 5.75 Å². The number of ether oxygens (including phenoxy) is 1. The molecule has 0 saturated heterocycles. The van der Waals surface area contributed by atoms with E-state index < -0.39 is 0 Å². The number of rotatable bonds is 5. The summed E-state index contributed by atoms with van der Waals surface area (Å²) in [6.07, 6.45) is 0.697. The maximum atomic E-state index is 8.79. The van der Waals surface area contributed by atoms with Crippen molar-refractivity contribution in [3.05, 3.63) is 29.8 Å². The molecule has 0 amide bonds. The van der Waals surface area contributed by atoms with Crippen LogP contribution >= 0.6 is 0 Å². The molecule has 0 radical (unpaired) electrons. The number of nitrogens with two attached hydrogens (primary N) is 1. The van der Waals surface area contributed by atoms with E-state index in [0.717, 1.165) is 11.3 Å². The Morgan fingerprint density at radius 3 is 2.50 bits per heavy atom. The van der Waals surface area contributed by atoms with E-state index in [1.54, 1.807) is 0 Å². The standard InChI is InChI=1S/C11H17NO2/c1-2-14-11-5-3-9(4-6-11)7-10(12)8-13/h3-6,10,13H,2,7-8,12H2,1H3. The Labute approximate surface area is 84.5 Å². The van der Waals surface area contributed by atoms with E-state index in [1.165, 1.54) is 0 Å². The van der Waals surface area contributed by atoms with Crippen molar-refractivity contribution in [2.24, 2.45) is 5.73 Å². The average molecular weight is 195 g/mol. The molecule has 78 valence electrons. The maximum Gasteiger partial charge on any atom is 0.119 e. The van der Waals surface area contributed by atoms with Crippen molar-refractivity contribution in [2.75, 3.05) is 13.2 Å². The summed E-state index contributed by atoms with van der Waals surface area (Å²) in [6.45, 7) is 2.65. The number of aliphatic hydroxyl groups is 1. The first kappa shape index (κ1) is 11.0. The Kier molecular flexibility index (Phi) is 4.43. The molecule has 1 atom stereocenters. The molecule has 1 rings (SSSR count). The van der Waals surface area contributed by atoms with Crippen LogP contribution in [0.1, 0.15) is 12.5 Å². The van der Waals surface area contributed by atoms with Crippen LogP contribution in [-0.4, -0.2) is 24.4 Å². The molecule has 0 fully saturated rings. The highest BCUT2D eigenvalue weighted by atomic mass is 16.5. The summed E-state index contributed by atoms with van der Waals surface area (Å²) in [5, 5.41) is 8.79. The summed E-state index contributed by atoms with van der Waals surface area (Å²) in [5.41, 5.74) is 6.74. The highest BCUT2D eigenvalue weighted by Crippen LogP contribution is 2.12. The lowest BCUT2D eigenvalue weighted by molar-refractivity contribution is 0.265. The second-order valence-corrected chi connectivity index (χ2v) is 3.22. The minimum Gasteiger partial charge on any atom is -0.494 e. The van der Waals surface area contributed by atoms with Crippen LogP contribution in [-0.2, 0) is 6.42 Å². The molecule has 3 nitrogen and oxygen atoms in total. The predicted octanol–water partition coefficient (Wildman–Crippen LogP) is 0.947. The van der Waals surface area contributed by atoms with Gasteiger partial charge in [-0.05, 0) is 31.0 Å². The van der Waals surface area contributed by atoms with Crippen LogP contribution in [0.15, 0.2) is 24.3 Å². The van der Waals surface area contributed by atoms with Gasteiger partial charge in [0.15, 0.2) is 0 Å². The molecule has 3 N–H and O–H groups in total. The van der Waals surface area contributed by atoms with E-state index in [0.29, 0.717) is 13.0 Å². The number of hydrogen-bond donors (Lipinski definition) is 2. The lowest BCUT2D eigenvalue weighted by Crippen LogP contribution is -2.26. The molecule has 0 heterocycles. The van der Waals surface area contributed by atoms with Crippen molar-refractivity contribution in [3.63, 3.8) is 0 Å². The Hall–Kier alpha value is -1.06. The molecule has 0 saturated carbocycles.